The molecule has 2 aromatic heterocycles. The lowest BCUT2D eigenvalue weighted by Crippen LogP contribution is -2.14. The van der Waals surface area contributed by atoms with Gasteiger partial charge in [-0.15, -0.1) is 0 Å². The van der Waals surface area contributed by atoms with Crippen molar-refractivity contribution in [3.05, 3.63) is 46.8 Å². The van der Waals surface area contributed by atoms with Crippen LogP contribution < -0.4 is 5.63 Å². The molecule has 2 aromatic rings. The molecule has 0 aliphatic heterocycles. The monoisotopic (exact) mass is 256 g/mol. The van der Waals surface area contributed by atoms with Gasteiger partial charge in [-0.05, 0) is 25.0 Å². The normalized spacial score (nSPS) is 14.3. The molecule has 0 amide bonds. The Balaban J connectivity index is 1.85. The molecule has 1 aliphatic rings. The second-order valence-electron chi connectivity index (χ2n) is 4.66. The summed E-state index contributed by atoms with van der Waals surface area (Å²) in [5, 5.41) is 0. The van der Waals surface area contributed by atoms with Crippen molar-refractivity contribution in [2.75, 3.05) is 0 Å². The van der Waals surface area contributed by atoms with E-state index in [1.807, 2.05) is 0 Å². The van der Waals surface area contributed by atoms with Crippen LogP contribution in [-0.4, -0.2) is 15.8 Å². The van der Waals surface area contributed by atoms with Crippen molar-refractivity contribution >= 4 is 5.78 Å². The lowest BCUT2D eigenvalue weighted by molar-refractivity contribution is -0.119. The van der Waals surface area contributed by atoms with Gasteiger partial charge in [0.2, 0.25) is 0 Å². The number of carbonyl (C=O) groups is 1. The molecule has 2 heterocycles. The maximum atomic E-state index is 11.8. The molecule has 0 radical (unpaired) electrons. The largest absolute Gasteiger partial charge is 0.422 e. The Morgan fingerprint density at radius 1 is 1.26 bits per heavy atom. The summed E-state index contributed by atoms with van der Waals surface area (Å²) in [6, 6.07) is 3.32. The minimum atomic E-state index is -0.463. The molecule has 5 nitrogen and oxygen atoms in total. The second kappa shape index (κ2) is 4.76. The zero-order chi connectivity index (χ0) is 13.2. The smallest absolute Gasteiger partial charge is 0.339 e. The Kier molecular flexibility index (Phi) is 2.95. The average molecular weight is 256 g/mol. The average Bonchev–Trinajstić information content (AvgIpc) is 3.26. The second-order valence-corrected chi connectivity index (χ2v) is 4.66. The van der Waals surface area contributed by atoms with Gasteiger partial charge in [-0.2, -0.15) is 0 Å². The summed E-state index contributed by atoms with van der Waals surface area (Å²) in [6.45, 7) is 0. The van der Waals surface area contributed by atoms with Crippen LogP contribution >= 0.6 is 0 Å². The van der Waals surface area contributed by atoms with E-state index in [2.05, 4.69) is 9.97 Å². The predicted molar refractivity (Wildman–Crippen MR) is 67.4 cm³/mol. The van der Waals surface area contributed by atoms with Crippen molar-refractivity contribution in [2.24, 2.45) is 5.92 Å². The van der Waals surface area contributed by atoms with Gasteiger partial charge >= 0.3 is 5.63 Å². The molecule has 1 fully saturated rings. The van der Waals surface area contributed by atoms with E-state index < -0.39 is 5.63 Å². The summed E-state index contributed by atoms with van der Waals surface area (Å²) < 4.78 is 5.21. The first kappa shape index (κ1) is 11.8. The highest BCUT2D eigenvalue weighted by molar-refractivity contribution is 5.85. The Morgan fingerprint density at radius 3 is 2.63 bits per heavy atom. The van der Waals surface area contributed by atoms with E-state index in [4.69, 9.17) is 4.42 Å². The van der Waals surface area contributed by atoms with Gasteiger partial charge in [0.1, 0.15) is 17.9 Å². The van der Waals surface area contributed by atoms with Gasteiger partial charge in [0, 0.05) is 30.3 Å². The molecule has 0 N–H and O–H groups in total. The fraction of sp³-hybridized carbons (Fsp3) is 0.286. The number of hydrogen-bond donors (Lipinski definition) is 0. The van der Waals surface area contributed by atoms with Crippen LogP contribution in [0.4, 0.5) is 0 Å². The zero-order valence-corrected chi connectivity index (χ0v) is 10.2. The molecule has 19 heavy (non-hydrogen) atoms. The van der Waals surface area contributed by atoms with Crippen molar-refractivity contribution < 1.29 is 9.21 Å². The minimum Gasteiger partial charge on any atom is -0.422 e. The van der Waals surface area contributed by atoms with Gasteiger partial charge in [-0.25, -0.2) is 14.8 Å². The molecule has 3 rings (SSSR count). The standard InChI is InChI=1S/C14H12N2O3/c17-12(9-1-2-9)5-10-3-4-13(19-14(10)18)11-6-15-8-16-7-11/h3-4,6-9H,1-2,5H2. The van der Waals surface area contributed by atoms with Gasteiger partial charge in [0.25, 0.3) is 0 Å². The van der Waals surface area contributed by atoms with E-state index in [-0.39, 0.29) is 18.1 Å². The molecule has 0 atom stereocenters. The molecule has 1 aliphatic carbocycles. The molecule has 0 aromatic carbocycles. The Labute approximate surface area is 109 Å². The van der Waals surface area contributed by atoms with E-state index in [9.17, 15) is 9.59 Å². The topological polar surface area (TPSA) is 73.1 Å². The fourth-order valence-electron chi connectivity index (χ4n) is 1.89. The van der Waals surface area contributed by atoms with E-state index in [1.165, 1.54) is 6.33 Å². The molecule has 5 heteroatoms. The van der Waals surface area contributed by atoms with Crippen LogP contribution in [0.2, 0.25) is 0 Å². The number of nitrogens with zero attached hydrogens (tertiary/aromatic N) is 2. The minimum absolute atomic E-state index is 0.128. The SMILES string of the molecule is O=C(Cc1ccc(-c2cncnc2)oc1=O)C1CC1. The fourth-order valence-corrected chi connectivity index (χ4v) is 1.89. The third-order valence-electron chi connectivity index (χ3n) is 3.14. The Bertz CT molecular complexity index is 660. The number of hydrogen-bond acceptors (Lipinski definition) is 5. The van der Waals surface area contributed by atoms with Crippen LogP contribution in [0.1, 0.15) is 18.4 Å². The predicted octanol–water partition coefficient (Wildman–Crippen LogP) is 1.62. The third kappa shape index (κ3) is 2.59. The van der Waals surface area contributed by atoms with Crippen LogP contribution in [0.3, 0.4) is 0 Å². The summed E-state index contributed by atoms with van der Waals surface area (Å²) in [4.78, 5) is 31.2. The highest BCUT2D eigenvalue weighted by Crippen LogP contribution is 2.30. The van der Waals surface area contributed by atoms with Crippen molar-refractivity contribution in [1.29, 1.82) is 0 Å². The first-order valence-corrected chi connectivity index (χ1v) is 6.15. The summed E-state index contributed by atoms with van der Waals surface area (Å²) in [7, 11) is 0. The van der Waals surface area contributed by atoms with E-state index in [1.54, 1.807) is 24.5 Å². The number of carbonyl (C=O) groups excluding carboxylic acids is 1. The molecule has 1 saturated carbocycles. The highest BCUT2D eigenvalue weighted by atomic mass is 16.4. The number of aromatic nitrogens is 2. The molecule has 0 spiro atoms. The van der Waals surface area contributed by atoms with Gasteiger partial charge < -0.3 is 4.42 Å². The first-order valence-electron chi connectivity index (χ1n) is 6.15. The van der Waals surface area contributed by atoms with Gasteiger partial charge in [0.05, 0.1) is 5.56 Å². The van der Waals surface area contributed by atoms with Crippen LogP contribution in [0.15, 0.2) is 40.1 Å². The Hall–Kier alpha value is -2.30. The quantitative estimate of drug-likeness (QED) is 0.831. The van der Waals surface area contributed by atoms with Crippen LogP contribution in [-0.2, 0) is 11.2 Å². The van der Waals surface area contributed by atoms with Gasteiger partial charge in [-0.3, -0.25) is 4.79 Å². The molecule has 96 valence electrons. The zero-order valence-electron chi connectivity index (χ0n) is 10.2. The molecule has 0 unspecified atom stereocenters. The lowest BCUT2D eigenvalue weighted by Gasteiger charge is -2.01. The maximum absolute atomic E-state index is 11.8. The van der Waals surface area contributed by atoms with E-state index in [0.29, 0.717) is 16.9 Å². The summed E-state index contributed by atoms with van der Waals surface area (Å²) >= 11 is 0. The van der Waals surface area contributed by atoms with Crippen LogP contribution in [0, 0.1) is 5.92 Å². The van der Waals surface area contributed by atoms with Crippen LogP contribution in [0.25, 0.3) is 11.3 Å². The summed E-state index contributed by atoms with van der Waals surface area (Å²) in [5.41, 5.74) is 0.590. The molecular weight excluding hydrogens is 244 g/mol. The van der Waals surface area contributed by atoms with Crippen molar-refractivity contribution in [2.45, 2.75) is 19.3 Å². The molecule has 0 bridgehead atoms. The maximum Gasteiger partial charge on any atom is 0.339 e. The van der Waals surface area contributed by atoms with E-state index in [0.717, 1.165) is 12.8 Å². The van der Waals surface area contributed by atoms with Crippen LogP contribution in [0.5, 0.6) is 0 Å². The summed E-state index contributed by atoms with van der Waals surface area (Å²) in [5.74, 6) is 0.693. The number of rotatable bonds is 4. The number of Topliss-reactive ketones (excluding diaryl/α,β-unsaturated/α-hetero) is 1. The van der Waals surface area contributed by atoms with Gasteiger partial charge in [-0.1, -0.05) is 0 Å². The molecular formula is C14H12N2O3. The Morgan fingerprint density at radius 2 is 2.00 bits per heavy atom. The van der Waals surface area contributed by atoms with Gasteiger partial charge in [0.15, 0.2) is 0 Å². The lowest BCUT2D eigenvalue weighted by atomic mass is 10.1. The third-order valence-corrected chi connectivity index (χ3v) is 3.14. The number of ketones is 1. The first-order chi connectivity index (χ1) is 9.24. The summed E-state index contributed by atoms with van der Waals surface area (Å²) in [6.07, 6.45) is 6.61. The molecule has 0 saturated heterocycles. The van der Waals surface area contributed by atoms with E-state index >= 15 is 0 Å². The van der Waals surface area contributed by atoms with Crippen molar-refractivity contribution in [3.63, 3.8) is 0 Å². The van der Waals surface area contributed by atoms with Crippen molar-refractivity contribution in [3.8, 4) is 11.3 Å². The van der Waals surface area contributed by atoms with Crippen molar-refractivity contribution in [1.82, 2.24) is 9.97 Å². The highest BCUT2D eigenvalue weighted by Gasteiger charge is 2.29.